The number of aryl methyl sites for hydroxylation is 1. The number of benzene rings is 2. The van der Waals surface area contributed by atoms with Crippen molar-refractivity contribution in [2.24, 2.45) is 24.8 Å². The number of nitrogens with one attached hydrogen (secondary N) is 3. The molecule has 10 rings (SSSR count). The van der Waals surface area contributed by atoms with Gasteiger partial charge in [0.2, 0.25) is 11.8 Å². The highest BCUT2D eigenvalue weighted by molar-refractivity contribution is 7.21. The summed E-state index contributed by atoms with van der Waals surface area (Å²) in [6.45, 7) is 9.80. The van der Waals surface area contributed by atoms with Gasteiger partial charge in [-0.1, -0.05) is 0 Å². The monoisotopic (exact) mass is 719 g/mol. The van der Waals surface area contributed by atoms with Gasteiger partial charge in [-0.25, -0.2) is 9.78 Å². The Morgan fingerprint density at radius 1 is 0.923 bits per heavy atom. The number of hydrogen-bond acceptors (Lipinski definition) is 10. The van der Waals surface area contributed by atoms with E-state index in [2.05, 4.69) is 67.0 Å². The van der Waals surface area contributed by atoms with Crippen LogP contribution in [-0.2, 0) is 16.6 Å². The lowest BCUT2D eigenvalue weighted by Crippen LogP contribution is -2.47. The van der Waals surface area contributed by atoms with Gasteiger partial charge in [0.25, 0.3) is 5.91 Å². The number of imidazole rings is 1. The number of aromatic nitrogens is 3. The number of piperidine rings is 2. The molecule has 4 aliphatic heterocycles. The van der Waals surface area contributed by atoms with E-state index in [1.54, 1.807) is 16.2 Å². The van der Waals surface area contributed by atoms with Crippen molar-refractivity contribution in [1.29, 1.82) is 0 Å². The lowest BCUT2D eigenvalue weighted by molar-refractivity contribution is -0.135. The van der Waals surface area contributed by atoms with Crippen LogP contribution in [0.3, 0.4) is 0 Å². The number of pyridine rings is 1. The third kappa shape index (κ3) is 5.01. The first-order valence-electron chi connectivity index (χ1n) is 18.4. The van der Waals surface area contributed by atoms with Crippen molar-refractivity contribution < 1.29 is 14.4 Å². The molecule has 13 nitrogen and oxygen atoms in total. The average Bonchev–Trinajstić information content (AvgIpc) is 3.42. The molecule has 4 fully saturated rings. The van der Waals surface area contributed by atoms with Crippen molar-refractivity contribution in [2.45, 2.75) is 31.8 Å². The van der Waals surface area contributed by atoms with Crippen LogP contribution < -0.4 is 31.4 Å². The van der Waals surface area contributed by atoms with Crippen molar-refractivity contribution in [3.63, 3.8) is 0 Å². The van der Waals surface area contributed by atoms with Crippen molar-refractivity contribution >= 4 is 78.3 Å². The van der Waals surface area contributed by atoms with E-state index in [0.717, 1.165) is 99.9 Å². The predicted octanol–water partition coefficient (Wildman–Crippen LogP) is 3.13. The molecule has 7 heterocycles. The fourth-order valence-electron chi connectivity index (χ4n) is 9.26. The Hall–Kier alpha value is -4.95. The first-order valence-corrected chi connectivity index (χ1v) is 19.2. The third-order valence-electron chi connectivity index (χ3n) is 12.2. The summed E-state index contributed by atoms with van der Waals surface area (Å²) in [5, 5.41) is 11.1. The molecule has 14 heteroatoms. The van der Waals surface area contributed by atoms with Crippen molar-refractivity contribution in [3.05, 3.63) is 57.8 Å². The van der Waals surface area contributed by atoms with Gasteiger partial charge in [-0.15, -0.1) is 11.3 Å². The van der Waals surface area contributed by atoms with Crippen LogP contribution >= 0.6 is 11.3 Å². The van der Waals surface area contributed by atoms with Crippen molar-refractivity contribution in [3.8, 4) is 0 Å². The second-order valence-corrected chi connectivity index (χ2v) is 16.3. The first kappa shape index (κ1) is 31.8. The highest BCUT2D eigenvalue weighted by atomic mass is 32.1. The zero-order valence-electron chi connectivity index (χ0n) is 29.2. The van der Waals surface area contributed by atoms with Gasteiger partial charge in [0.15, 0.2) is 0 Å². The molecule has 1 saturated carbocycles. The summed E-state index contributed by atoms with van der Waals surface area (Å²) in [5.74, 6) is 2.37. The lowest BCUT2D eigenvalue weighted by Gasteiger charge is -2.36. The summed E-state index contributed by atoms with van der Waals surface area (Å²) >= 11 is 1.54. The maximum Gasteiger partial charge on any atom is 0.329 e. The van der Waals surface area contributed by atoms with E-state index in [1.165, 1.54) is 11.3 Å². The van der Waals surface area contributed by atoms with Gasteiger partial charge >= 0.3 is 5.69 Å². The van der Waals surface area contributed by atoms with E-state index in [9.17, 15) is 19.2 Å². The number of carbonyl (C=O) groups excluding carboxylic acids is 3. The maximum atomic E-state index is 13.2. The summed E-state index contributed by atoms with van der Waals surface area (Å²) in [6.07, 6.45) is 0.563. The van der Waals surface area contributed by atoms with Crippen LogP contribution in [0.25, 0.3) is 32.0 Å². The molecule has 3 aromatic heterocycles. The van der Waals surface area contributed by atoms with Gasteiger partial charge in [0.1, 0.15) is 16.7 Å². The largest absolute Gasteiger partial charge is 0.381 e. The summed E-state index contributed by atoms with van der Waals surface area (Å²) in [5.41, 5.74) is 4.28. The summed E-state index contributed by atoms with van der Waals surface area (Å²) < 4.78 is 4.26. The molecule has 3 N–H and O–H groups in total. The molecule has 0 spiro atoms. The van der Waals surface area contributed by atoms with Crippen molar-refractivity contribution in [1.82, 2.24) is 29.7 Å². The van der Waals surface area contributed by atoms with Crippen LogP contribution in [-0.4, -0.2) is 95.1 Å². The van der Waals surface area contributed by atoms with Crippen LogP contribution in [0.15, 0.2) is 47.3 Å². The number of thiophene rings is 1. The molecule has 0 bridgehead atoms. The molecule has 2 aromatic carbocycles. The number of anilines is 3. The highest BCUT2D eigenvalue weighted by Crippen LogP contribution is 2.53. The SMILES string of the molecule is C[C@@H]1CNc2c(sc3ccc4nc(N5CCN(CC6[C@H]7CN(c8ccc9c(c8)n(C)c(=O)n9C8CCC(=O)NC8=O)C[C@@H]67)CC5)ccc4c23)C(=O)N1. The average molecular weight is 720 g/mol. The highest BCUT2D eigenvalue weighted by Gasteiger charge is 2.56. The maximum absolute atomic E-state index is 13.2. The Morgan fingerprint density at radius 3 is 2.52 bits per heavy atom. The molecule has 5 aromatic rings. The fraction of sp³-hybridized carbons (Fsp3) is 0.447. The Balaban J connectivity index is 0.773. The van der Waals surface area contributed by atoms with E-state index in [1.807, 2.05) is 13.0 Å². The summed E-state index contributed by atoms with van der Waals surface area (Å²) in [6, 6.07) is 14.0. The molecule has 1 aliphatic carbocycles. The molecule has 3 amide bonds. The quantitative estimate of drug-likeness (QED) is 0.234. The number of piperazine rings is 1. The van der Waals surface area contributed by atoms with Crippen LogP contribution in [0, 0.1) is 17.8 Å². The second kappa shape index (κ2) is 11.8. The van der Waals surface area contributed by atoms with Gasteiger partial charge < -0.3 is 20.4 Å². The number of fused-ring (bicyclic) bond motifs is 7. The molecule has 5 aliphatic rings. The first-order chi connectivity index (χ1) is 25.2. The summed E-state index contributed by atoms with van der Waals surface area (Å²) in [4.78, 5) is 63.6. The zero-order valence-corrected chi connectivity index (χ0v) is 30.0. The second-order valence-electron chi connectivity index (χ2n) is 15.3. The Kier molecular flexibility index (Phi) is 7.20. The molecular formula is C38H41N9O4S. The lowest BCUT2D eigenvalue weighted by atomic mass is 10.1. The number of rotatable bonds is 5. The molecule has 52 heavy (non-hydrogen) atoms. The number of amides is 3. The molecule has 2 unspecified atom stereocenters. The Morgan fingerprint density at radius 2 is 1.73 bits per heavy atom. The number of carbonyl (C=O) groups is 3. The Labute approximate surface area is 303 Å². The van der Waals surface area contributed by atoms with Crippen LogP contribution in [0.4, 0.5) is 17.2 Å². The van der Waals surface area contributed by atoms with E-state index in [4.69, 9.17) is 4.98 Å². The smallest absolute Gasteiger partial charge is 0.329 e. The van der Waals surface area contributed by atoms with E-state index in [-0.39, 0.29) is 30.0 Å². The third-order valence-corrected chi connectivity index (χ3v) is 13.3. The van der Waals surface area contributed by atoms with Gasteiger partial charge in [0, 0.05) is 93.0 Å². The molecule has 268 valence electrons. The minimum atomic E-state index is -0.674. The van der Waals surface area contributed by atoms with Gasteiger partial charge in [-0.2, -0.15) is 0 Å². The topological polar surface area (TPSA) is 137 Å². The normalized spacial score (nSPS) is 26.3. The molecular weight excluding hydrogens is 679 g/mol. The minimum absolute atomic E-state index is 0.0103. The summed E-state index contributed by atoms with van der Waals surface area (Å²) in [7, 11) is 1.75. The fourth-order valence-corrected chi connectivity index (χ4v) is 10.4. The standard InChI is InChI=1S/C38H41N9O4S/c1-20-16-39-34-33-22-4-9-31(41-26(22)5-8-30(33)52-35(34)37(50)40-20)45-13-11-44(12-14-45)17-23-24-18-46(19-25(23)24)21-3-6-27-29(15-21)43(2)38(51)47(27)28-7-10-32(48)42-36(28)49/h3-6,8-9,15,20,23-25,28,39H,7,10-14,16-19H2,1-2H3,(H,40,50)(H,42,48,49)/t20-,23?,24-,25+,28?/m1/s1. The van der Waals surface area contributed by atoms with Gasteiger partial charge in [0.05, 0.1) is 22.2 Å². The zero-order chi connectivity index (χ0) is 35.4. The van der Waals surface area contributed by atoms with Crippen LogP contribution in [0.2, 0.25) is 0 Å². The van der Waals surface area contributed by atoms with Crippen LogP contribution in [0.5, 0.6) is 0 Å². The van der Waals surface area contributed by atoms with Crippen molar-refractivity contribution in [2.75, 3.05) is 67.5 Å². The van der Waals surface area contributed by atoms with Gasteiger partial charge in [-0.05, 0) is 73.6 Å². The van der Waals surface area contributed by atoms with Gasteiger partial charge in [-0.3, -0.25) is 33.7 Å². The predicted molar refractivity (Wildman–Crippen MR) is 202 cm³/mol. The number of nitrogens with zero attached hydrogens (tertiary/aromatic N) is 6. The molecule has 0 radical (unpaired) electrons. The van der Waals surface area contributed by atoms with E-state index >= 15 is 0 Å². The van der Waals surface area contributed by atoms with E-state index in [0.29, 0.717) is 30.7 Å². The Bertz CT molecular complexity index is 2380. The number of imide groups is 1. The molecule has 5 atom stereocenters. The number of hydrogen-bond donors (Lipinski definition) is 3. The molecule has 3 saturated heterocycles. The van der Waals surface area contributed by atoms with Crippen LogP contribution in [0.1, 0.15) is 35.5 Å². The van der Waals surface area contributed by atoms with E-state index < -0.39 is 11.9 Å². The minimum Gasteiger partial charge on any atom is -0.381 e.